The summed E-state index contributed by atoms with van der Waals surface area (Å²) in [4.78, 5) is 40.2. The lowest BCUT2D eigenvalue weighted by molar-refractivity contribution is -0.118. The average Bonchev–Trinajstić information content (AvgIpc) is 3.14. The lowest BCUT2D eigenvalue weighted by Gasteiger charge is -2.23. The normalized spacial score (nSPS) is 12.1. The van der Waals surface area contributed by atoms with Gasteiger partial charge in [-0.15, -0.1) is 11.3 Å². The molecule has 0 bridgehead atoms. The molecule has 3 rings (SSSR count). The number of para-hydroxylation sites is 1. The number of carbonyl (C=O) groups excluding carboxylic acids is 2. The van der Waals surface area contributed by atoms with Crippen LogP contribution in [-0.4, -0.2) is 46.4 Å². The zero-order valence-corrected chi connectivity index (χ0v) is 18.7. The molecule has 1 unspecified atom stereocenters. The molecule has 3 aromatic rings. The molecule has 4 N–H and O–H groups in total. The van der Waals surface area contributed by atoms with Crippen molar-refractivity contribution in [2.75, 3.05) is 11.9 Å². The third kappa shape index (κ3) is 6.42. The molecule has 32 heavy (non-hydrogen) atoms. The van der Waals surface area contributed by atoms with Crippen molar-refractivity contribution in [1.29, 1.82) is 0 Å². The lowest BCUT2D eigenvalue weighted by atomic mass is 10.2. The summed E-state index contributed by atoms with van der Waals surface area (Å²) in [6.45, 7) is 4.74. The highest BCUT2D eigenvalue weighted by Gasteiger charge is 2.25. The van der Waals surface area contributed by atoms with Crippen molar-refractivity contribution in [2.45, 2.75) is 32.4 Å². The number of anilines is 1. The van der Waals surface area contributed by atoms with Gasteiger partial charge in [0, 0.05) is 11.3 Å². The van der Waals surface area contributed by atoms with E-state index in [1.54, 1.807) is 44.2 Å². The quantitative estimate of drug-likeness (QED) is 0.443. The summed E-state index contributed by atoms with van der Waals surface area (Å²) in [5.74, 6) is -0.586. The number of fused-ring (bicyclic) bond motifs is 1. The molecule has 0 aliphatic rings. The smallest absolute Gasteiger partial charge is 0.408 e. The molecule has 1 heterocycles. The summed E-state index contributed by atoms with van der Waals surface area (Å²) in [5.41, 5.74) is 1.56. The van der Waals surface area contributed by atoms with Gasteiger partial charge in [0.15, 0.2) is 0 Å². The standard InChI is InChI=1S/C22H24N4O5S/c1-22(2,3)31-21(30)26-16(12-23-20(28)29)18(27)24-14-10-8-13(9-11-14)19-25-15-6-4-5-7-17(15)32-19/h4-11,16,23H,12H2,1-3H3,(H,24,27)(H,26,30)(H,28,29). The van der Waals surface area contributed by atoms with E-state index in [4.69, 9.17) is 9.84 Å². The Morgan fingerprint density at radius 1 is 1.09 bits per heavy atom. The minimum absolute atomic E-state index is 0.315. The van der Waals surface area contributed by atoms with Gasteiger partial charge in [0.05, 0.1) is 16.8 Å². The first-order valence-corrected chi connectivity index (χ1v) is 10.7. The summed E-state index contributed by atoms with van der Waals surface area (Å²) < 4.78 is 6.24. The van der Waals surface area contributed by atoms with Crippen LogP contribution in [0.25, 0.3) is 20.8 Å². The van der Waals surface area contributed by atoms with Crippen LogP contribution in [0.1, 0.15) is 20.8 Å². The van der Waals surface area contributed by atoms with Crippen LogP contribution in [0.5, 0.6) is 0 Å². The third-order valence-electron chi connectivity index (χ3n) is 4.16. The fraction of sp³-hybridized carbons (Fsp3) is 0.273. The first kappa shape index (κ1) is 23.0. The van der Waals surface area contributed by atoms with Gasteiger partial charge in [-0.2, -0.15) is 0 Å². The van der Waals surface area contributed by atoms with Gasteiger partial charge in [-0.3, -0.25) is 4.79 Å². The Morgan fingerprint density at radius 3 is 2.41 bits per heavy atom. The number of aromatic nitrogens is 1. The second kappa shape index (κ2) is 9.65. The molecule has 1 aromatic heterocycles. The second-order valence-corrected chi connectivity index (χ2v) is 8.97. The Bertz CT molecular complexity index is 1090. The molecule has 0 radical (unpaired) electrons. The number of nitrogens with zero attached hydrogens (tertiary/aromatic N) is 1. The van der Waals surface area contributed by atoms with E-state index in [9.17, 15) is 14.4 Å². The van der Waals surface area contributed by atoms with Crippen LogP contribution in [0.15, 0.2) is 48.5 Å². The van der Waals surface area contributed by atoms with Gasteiger partial charge in [0.2, 0.25) is 5.91 Å². The maximum atomic E-state index is 12.7. The Morgan fingerprint density at radius 2 is 1.78 bits per heavy atom. The van der Waals surface area contributed by atoms with E-state index in [0.717, 1.165) is 20.8 Å². The number of benzene rings is 2. The van der Waals surface area contributed by atoms with Crippen LogP contribution in [0.4, 0.5) is 15.3 Å². The molecule has 0 saturated heterocycles. The van der Waals surface area contributed by atoms with Crippen molar-refractivity contribution in [2.24, 2.45) is 0 Å². The van der Waals surface area contributed by atoms with E-state index in [2.05, 4.69) is 20.9 Å². The zero-order chi connectivity index (χ0) is 23.3. The number of ether oxygens (including phenoxy) is 1. The molecule has 1 atom stereocenters. The molecule has 0 aliphatic carbocycles. The van der Waals surface area contributed by atoms with Gasteiger partial charge in [-0.1, -0.05) is 12.1 Å². The molecule has 10 heteroatoms. The molecule has 2 aromatic carbocycles. The van der Waals surface area contributed by atoms with Crippen molar-refractivity contribution in [3.63, 3.8) is 0 Å². The second-order valence-electron chi connectivity index (χ2n) is 7.94. The van der Waals surface area contributed by atoms with Gasteiger partial charge in [0.1, 0.15) is 16.7 Å². The number of thiazole rings is 1. The number of carboxylic acid groups (broad SMARTS) is 1. The number of amides is 3. The summed E-state index contributed by atoms with van der Waals surface area (Å²) in [5, 5.41) is 16.9. The molecular weight excluding hydrogens is 432 g/mol. The minimum Gasteiger partial charge on any atom is -0.465 e. The molecule has 168 valence electrons. The number of hydrogen-bond donors (Lipinski definition) is 4. The summed E-state index contributed by atoms with van der Waals surface area (Å²) >= 11 is 1.57. The highest BCUT2D eigenvalue weighted by molar-refractivity contribution is 7.21. The Kier molecular flexibility index (Phi) is 6.94. The van der Waals surface area contributed by atoms with Crippen LogP contribution in [0.3, 0.4) is 0 Å². The van der Waals surface area contributed by atoms with Crippen LogP contribution in [0, 0.1) is 0 Å². The first-order chi connectivity index (χ1) is 15.1. The highest BCUT2D eigenvalue weighted by atomic mass is 32.1. The van der Waals surface area contributed by atoms with Gasteiger partial charge in [0.25, 0.3) is 0 Å². The molecule has 0 saturated carbocycles. The van der Waals surface area contributed by atoms with Gasteiger partial charge < -0.3 is 25.8 Å². The highest BCUT2D eigenvalue weighted by Crippen LogP contribution is 2.30. The Balaban J connectivity index is 1.68. The number of rotatable bonds is 6. The summed E-state index contributed by atoms with van der Waals surface area (Å²) in [6.07, 6.45) is -2.13. The zero-order valence-electron chi connectivity index (χ0n) is 17.8. The number of alkyl carbamates (subject to hydrolysis) is 1. The topological polar surface area (TPSA) is 130 Å². The van der Waals surface area contributed by atoms with Gasteiger partial charge in [-0.25, -0.2) is 14.6 Å². The van der Waals surface area contributed by atoms with Gasteiger partial charge in [-0.05, 0) is 57.2 Å². The molecule has 9 nitrogen and oxygen atoms in total. The Labute approximate surface area is 188 Å². The number of nitrogens with one attached hydrogen (secondary N) is 3. The first-order valence-electron chi connectivity index (χ1n) is 9.84. The predicted octanol–water partition coefficient (Wildman–Crippen LogP) is 4.06. The van der Waals surface area contributed by atoms with Crippen molar-refractivity contribution >= 4 is 45.3 Å². The van der Waals surface area contributed by atoms with Gasteiger partial charge >= 0.3 is 12.2 Å². The summed E-state index contributed by atoms with van der Waals surface area (Å²) in [6, 6.07) is 13.8. The number of carbonyl (C=O) groups is 3. The largest absolute Gasteiger partial charge is 0.465 e. The summed E-state index contributed by atoms with van der Waals surface area (Å²) in [7, 11) is 0. The SMILES string of the molecule is CC(C)(C)OC(=O)NC(CNC(=O)O)C(=O)Nc1ccc(-c2nc3ccccc3s2)cc1. The van der Waals surface area contributed by atoms with Crippen molar-refractivity contribution < 1.29 is 24.2 Å². The van der Waals surface area contributed by atoms with Crippen LogP contribution < -0.4 is 16.0 Å². The average molecular weight is 457 g/mol. The predicted molar refractivity (Wildman–Crippen MR) is 123 cm³/mol. The molecule has 0 aliphatic heterocycles. The fourth-order valence-corrected chi connectivity index (χ4v) is 3.74. The molecule has 0 spiro atoms. The molecule has 0 fully saturated rings. The van der Waals surface area contributed by atoms with Crippen LogP contribution in [0.2, 0.25) is 0 Å². The van der Waals surface area contributed by atoms with E-state index in [0.29, 0.717) is 5.69 Å². The van der Waals surface area contributed by atoms with Crippen LogP contribution in [-0.2, 0) is 9.53 Å². The number of hydrogen-bond acceptors (Lipinski definition) is 6. The molecule has 3 amide bonds. The van der Waals surface area contributed by atoms with E-state index in [1.165, 1.54) is 0 Å². The van der Waals surface area contributed by atoms with E-state index >= 15 is 0 Å². The van der Waals surface area contributed by atoms with Crippen LogP contribution >= 0.6 is 11.3 Å². The van der Waals surface area contributed by atoms with Crippen molar-refractivity contribution in [3.8, 4) is 10.6 Å². The van der Waals surface area contributed by atoms with Crippen molar-refractivity contribution in [3.05, 3.63) is 48.5 Å². The monoisotopic (exact) mass is 456 g/mol. The van der Waals surface area contributed by atoms with E-state index < -0.39 is 29.7 Å². The fourth-order valence-electron chi connectivity index (χ4n) is 2.77. The maximum absolute atomic E-state index is 12.7. The van der Waals surface area contributed by atoms with E-state index in [1.807, 2.05) is 36.4 Å². The van der Waals surface area contributed by atoms with E-state index in [-0.39, 0.29) is 6.54 Å². The maximum Gasteiger partial charge on any atom is 0.408 e. The van der Waals surface area contributed by atoms with Crippen molar-refractivity contribution in [1.82, 2.24) is 15.6 Å². The molecular formula is C22H24N4O5S. The minimum atomic E-state index is -1.31. The lowest BCUT2D eigenvalue weighted by Crippen LogP contribution is -2.51. The Hall–Kier alpha value is -3.66. The third-order valence-corrected chi connectivity index (χ3v) is 5.24.